The number of carbonyl (C=O) groups excluding carboxylic acids is 2. The largest absolute Gasteiger partial charge is 0.339 e. The topological polar surface area (TPSA) is 105 Å². The molecule has 3 heterocycles. The fourth-order valence-electron chi connectivity index (χ4n) is 4.07. The van der Waals surface area contributed by atoms with Crippen LogP contribution in [0.15, 0.2) is 16.9 Å². The van der Waals surface area contributed by atoms with E-state index in [1.807, 2.05) is 11.8 Å². The Hall–Kier alpha value is -2.84. The van der Waals surface area contributed by atoms with Crippen LogP contribution >= 0.6 is 0 Å². The molecular formula is C21H28N6O3. The zero-order valence-corrected chi connectivity index (χ0v) is 17.6. The molecule has 1 aliphatic heterocycles. The molecule has 9 heteroatoms. The summed E-state index contributed by atoms with van der Waals surface area (Å²) < 4.78 is 5.38. The van der Waals surface area contributed by atoms with Crippen LogP contribution in [-0.2, 0) is 11.2 Å². The number of hydrogen-bond acceptors (Lipinski definition) is 7. The Morgan fingerprint density at radius 1 is 1.20 bits per heavy atom. The van der Waals surface area contributed by atoms with Crippen molar-refractivity contribution in [2.75, 3.05) is 19.6 Å². The molecule has 2 aromatic rings. The molecule has 160 valence electrons. The average Bonchev–Trinajstić information content (AvgIpc) is 3.15. The van der Waals surface area contributed by atoms with Gasteiger partial charge >= 0.3 is 0 Å². The minimum Gasteiger partial charge on any atom is -0.339 e. The summed E-state index contributed by atoms with van der Waals surface area (Å²) in [6.07, 6.45) is 8.79. The monoisotopic (exact) mass is 412 g/mol. The maximum absolute atomic E-state index is 12.8. The molecule has 0 aromatic carbocycles. The predicted octanol–water partition coefficient (Wildman–Crippen LogP) is 2.13. The van der Waals surface area contributed by atoms with Crippen LogP contribution in [0.2, 0.25) is 0 Å². The number of piperidine rings is 1. The lowest BCUT2D eigenvalue weighted by Crippen LogP contribution is -2.51. The fraction of sp³-hybridized carbons (Fsp3) is 0.619. The van der Waals surface area contributed by atoms with Gasteiger partial charge in [-0.1, -0.05) is 11.6 Å². The van der Waals surface area contributed by atoms with Crippen LogP contribution < -0.4 is 0 Å². The molecule has 2 fully saturated rings. The van der Waals surface area contributed by atoms with Crippen molar-refractivity contribution in [3.05, 3.63) is 35.5 Å². The number of rotatable bonds is 6. The molecule has 4 rings (SSSR count). The van der Waals surface area contributed by atoms with Crippen LogP contribution in [0.4, 0.5) is 0 Å². The third-order valence-corrected chi connectivity index (χ3v) is 6.04. The smallest absolute Gasteiger partial charge is 0.274 e. The number of aromatic nitrogens is 4. The molecule has 0 bridgehead atoms. The van der Waals surface area contributed by atoms with Crippen molar-refractivity contribution >= 4 is 11.8 Å². The van der Waals surface area contributed by atoms with Crippen molar-refractivity contribution in [2.24, 2.45) is 0 Å². The summed E-state index contributed by atoms with van der Waals surface area (Å²) in [6.45, 7) is 5.07. The van der Waals surface area contributed by atoms with Crippen LogP contribution in [0.1, 0.15) is 72.8 Å². The molecule has 9 nitrogen and oxygen atoms in total. The summed E-state index contributed by atoms with van der Waals surface area (Å²) in [7, 11) is 0. The molecule has 0 spiro atoms. The highest BCUT2D eigenvalue weighted by atomic mass is 16.5. The second-order valence-corrected chi connectivity index (χ2v) is 8.23. The van der Waals surface area contributed by atoms with Crippen molar-refractivity contribution in [3.63, 3.8) is 0 Å². The Kier molecular flexibility index (Phi) is 6.06. The molecule has 2 aliphatic rings. The lowest BCUT2D eigenvalue weighted by atomic mass is 9.85. The zero-order valence-electron chi connectivity index (χ0n) is 17.6. The van der Waals surface area contributed by atoms with Gasteiger partial charge in [0.1, 0.15) is 5.69 Å². The predicted molar refractivity (Wildman–Crippen MR) is 108 cm³/mol. The van der Waals surface area contributed by atoms with Gasteiger partial charge in [-0.3, -0.25) is 14.6 Å². The molecule has 2 aromatic heterocycles. The van der Waals surface area contributed by atoms with Gasteiger partial charge < -0.3 is 14.3 Å². The standard InChI is InChI=1S/C21H28N6O3/c1-14-11-23-18(12-22-14)21(29)26-9-4-7-17(13-26)27(15(2)28)10-8-19-24-20(30-25-19)16-5-3-6-16/h11-12,16-17H,3-10,13H2,1-2H3. The number of nitrogens with zero attached hydrogens (tertiary/aromatic N) is 6. The molecule has 2 amide bonds. The van der Waals surface area contributed by atoms with Crippen molar-refractivity contribution in [1.82, 2.24) is 29.9 Å². The first-order chi connectivity index (χ1) is 14.5. The Labute approximate surface area is 175 Å². The Morgan fingerprint density at radius 2 is 2.03 bits per heavy atom. The van der Waals surface area contributed by atoms with Gasteiger partial charge in [0.15, 0.2) is 5.82 Å². The summed E-state index contributed by atoms with van der Waals surface area (Å²) in [5.74, 6) is 1.62. The van der Waals surface area contributed by atoms with E-state index in [9.17, 15) is 9.59 Å². The molecule has 0 N–H and O–H groups in total. The molecule has 1 unspecified atom stereocenters. The Morgan fingerprint density at radius 3 is 2.70 bits per heavy atom. The Balaban J connectivity index is 1.38. The molecular weight excluding hydrogens is 384 g/mol. The third kappa shape index (κ3) is 4.49. The number of aryl methyl sites for hydroxylation is 1. The lowest BCUT2D eigenvalue weighted by Gasteiger charge is -2.38. The molecule has 1 atom stereocenters. The number of amides is 2. The molecule has 1 aliphatic carbocycles. The number of hydrogen-bond donors (Lipinski definition) is 0. The van der Waals surface area contributed by atoms with Gasteiger partial charge in [0, 0.05) is 51.1 Å². The summed E-state index contributed by atoms with van der Waals surface area (Å²) in [4.78, 5) is 41.6. The van der Waals surface area contributed by atoms with E-state index >= 15 is 0 Å². The summed E-state index contributed by atoms with van der Waals surface area (Å²) in [6, 6.07) is -0.0309. The van der Waals surface area contributed by atoms with Gasteiger partial charge in [-0.25, -0.2) is 4.98 Å². The molecule has 1 saturated heterocycles. The van der Waals surface area contributed by atoms with Crippen LogP contribution in [0.5, 0.6) is 0 Å². The first kappa shape index (κ1) is 20.4. The van der Waals surface area contributed by atoms with Crippen LogP contribution in [0.25, 0.3) is 0 Å². The average molecular weight is 412 g/mol. The maximum atomic E-state index is 12.8. The van der Waals surface area contributed by atoms with Crippen molar-refractivity contribution in [1.29, 1.82) is 0 Å². The van der Waals surface area contributed by atoms with Gasteiger partial charge in [0.25, 0.3) is 5.91 Å². The highest BCUT2D eigenvalue weighted by molar-refractivity contribution is 5.92. The SMILES string of the molecule is CC(=O)N(CCc1noc(C2CCC2)n1)C1CCCN(C(=O)c2cnc(C)cn2)C1. The van der Waals surface area contributed by atoms with Gasteiger partial charge in [-0.2, -0.15) is 4.98 Å². The molecule has 30 heavy (non-hydrogen) atoms. The van der Waals surface area contributed by atoms with E-state index in [0.29, 0.717) is 43.5 Å². The first-order valence-corrected chi connectivity index (χ1v) is 10.7. The maximum Gasteiger partial charge on any atom is 0.274 e. The van der Waals surface area contributed by atoms with Crippen LogP contribution in [0.3, 0.4) is 0 Å². The van der Waals surface area contributed by atoms with Gasteiger partial charge in [0.05, 0.1) is 11.9 Å². The van der Waals surface area contributed by atoms with Gasteiger partial charge in [-0.15, -0.1) is 0 Å². The highest BCUT2D eigenvalue weighted by Gasteiger charge is 2.31. The number of carbonyl (C=O) groups is 2. The van der Waals surface area contributed by atoms with Gasteiger partial charge in [0.2, 0.25) is 11.8 Å². The molecule has 0 radical (unpaired) electrons. The second kappa shape index (κ2) is 8.89. The fourth-order valence-corrected chi connectivity index (χ4v) is 4.07. The minimum absolute atomic E-state index is 0.00728. The minimum atomic E-state index is -0.140. The lowest BCUT2D eigenvalue weighted by molar-refractivity contribution is -0.132. The van der Waals surface area contributed by atoms with E-state index in [1.165, 1.54) is 12.6 Å². The summed E-state index contributed by atoms with van der Waals surface area (Å²) in [5.41, 5.74) is 1.11. The van der Waals surface area contributed by atoms with E-state index in [-0.39, 0.29) is 17.9 Å². The van der Waals surface area contributed by atoms with E-state index in [1.54, 1.807) is 18.0 Å². The van der Waals surface area contributed by atoms with Crippen LogP contribution in [0, 0.1) is 6.92 Å². The van der Waals surface area contributed by atoms with Gasteiger partial charge in [-0.05, 0) is 32.6 Å². The Bertz CT molecular complexity index is 892. The van der Waals surface area contributed by atoms with Crippen molar-refractivity contribution in [3.8, 4) is 0 Å². The van der Waals surface area contributed by atoms with E-state index in [0.717, 1.165) is 37.3 Å². The summed E-state index contributed by atoms with van der Waals surface area (Å²) >= 11 is 0. The number of likely N-dealkylation sites (tertiary alicyclic amines) is 1. The highest BCUT2D eigenvalue weighted by Crippen LogP contribution is 2.35. The van der Waals surface area contributed by atoms with Crippen molar-refractivity contribution < 1.29 is 14.1 Å². The normalized spacial score (nSPS) is 19.4. The van der Waals surface area contributed by atoms with E-state index < -0.39 is 0 Å². The van der Waals surface area contributed by atoms with Crippen molar-refractivity contribution in [2.45, 2.75) is 64.3 Å². The molecule has 1 saturated carbocycles. The third-order valence-electron chi connectivity index (χ3n) is 6.04. The zero-order chi connectivity index (χ0) is 21.1. The second-order valence-electron chi connectivity index (χ2n) is 8.23. The van der Waals surface area contributed by atoms with E-state index in [4.69, 9.17) is 4.52 Å². The van der Waals surface area contributed by atoms with Crippen LogP contribution in [-0.4, -0.2) is 67.4 Å². The first-order valence-electron chi connectivity index (χ1n) is 10.7. The summed E-state index contributed by atoms with van der Waals surface area (Å²) in [5, 5.41) is 4.08. The quantitative estimate of drug-likeness (QED) is 0.715. The van der Waals surface area contributed by atoms with E-state index in [2.05, 4.69) is 20.1 Å².